The number of phenols is 1. The van der Waals surface area contributed by atoms with Crippen LogP contribution >= 0.6 is 40.7 Å². The molecule has 0 aromatic heterocycles. The van der Waals surface area contributed by atoms with Crippen LogP contribution in [0.15, 0.2) is 16.6 Å². The molecular formula is C12H17BrCl2FN3O3. The molecule has 0 spiro atoms. The highest BCUT2D eigenvalue weighted by Crippen LogP contribution is 2.38. The number of nitro groups is 1. The highest BCUT2D eigenvalue weighted by Gasteiger charge is 2.27. The minimum atomic E-state index is -0.707. The van der Waals surface area contributed by atoms with E-state index in [9.17, 15) is 19.6 Å². The van der Waals surface area contributed by atoms with Crippen molar-refractivity contribution in [2.24, 2.45) is 0 Å². The molecule has 0 bridgehead atoms. The van der Waals surface area contributed by atoms with E-state index in [0.717, 1.165) is 13.1 Å². The molecule has 2 N–H and O–H groups in total. The van der Waals surface area contributed by atoms with Crippen LogP contribution in [0.25, 0.3) is 0 Å². The number of nitrogens with zero attached hydrogens (tertiary/aromatic N) is 2. The maximum absolute atomic E-state index is 13.4. The molecule has 126 valence electrons. The number of piperazine rings is 1. The van der Waals surface area contributed by atoms with E-state index >= 15 is 0 Å². The molecule has 6 nitrogen and oxygen atoms in total. The van der Waals surface area contributed by atoms with Crippen LogP contribution in [0.2, 0.25) is 0 Å². The third kappa shape index (κ3) is 4.66. The molecule has 0 saturated carbocycles. The molecule has 1 aliphatic heterocycles. The lowest BCUT2D eigenvalue weighted by Crippen LogP contribution is -2.45. The molecule has 1 aliphatic rings. The number of alkyl halides is 1. The Morgan fingerprint density at radius 2 is 2.00 bits per heavy atom. The fourth-order valence-corrected chi connectivity index (χ4v) is 2.80. The first-order valence-electron chi connectivity index (χ1n) is 6.22. The number of rotatable bonds is 4. The average Bonchev–Trinajstić information content (AvgIpc) is 2.45. The second-order valence-corrected chi connectivity index (χ2v) is 5.43. The molecule has 1 aromatic rings. The van der Waals surface area contributed by atoms with Gasteiger partial charge in [0.15, 0.2) is 0 Å². The lowest BCUT2D eigenvalue weighted by molar-refractivity contribution is -0.385. The van der Waals surface area contributed by atoms with Gasteiger partial charge in [-0.05, 0) is 15.9 Å². The molecule has 1 fully saturated rings. The van der Waals surface area contributed by atoms with Crippen molar-refractivity contribution < 1.29 is 14.4 Å². The quantitative estimate of drug-likeness (QED) is 0.578. The van der Waals surface area contributed by atoms with Gasteiger partial charge in [-0.1, -0.05) is 0 Å². The molecule has 10 heteroatoms. The molecule has 0 radical (unpaired) electrons. The van der Waals surface area contributed by atoms with E-state index in [-0.39, 0.29) is 46.3 Å². The smallest absolute Gasteiger partial charge is 0.271 e. The maximum atomic E-state index is 13.4. The Bertz CT molecular complexity index is 519. The summed E-state index contributed by atoms with van der Waals surface area (Å²) >= 11 is 3.08. The van der Waals surface area contributed by atoms with Gasteiger partial charge < -0.3 is 10.4 Å². The van der Waals surface area contributed by atoms with E-state index in [4.69, 9.17) is 0 Å². The maximum Gasteiger partial charge on any atom is 0.271 e. The summed E-state index contributed by atoms with van der Waals surface area (Å²) in [5, 5.41) is 24.1. The number of non-ortho nitro benzene ring substituents is 1. The average molecular weight is 421 g/mol. The highest BCUT2D eigenvalue weighted by atomic mass is 79.9. The van der Waals surface area contributed by atoms with Crippen LogP contribution in [0.1, 0.15) is 11.6 Å². The van der Waals surface area contributed by atoms with Crippen LogP contribution in [-0.2, 0) is 0 Å². The van der Waals surface area contributed by atoms with Gasteiger partial charge in [-0.2, -0.15) is 0 Å². The van der Waals surface area contributed by atoms with E-state index in [2.05, 4.69) is 21.2 Å². The van der Waals surface area contributed by atoms with Gasteiger partial charge in [0.25, 0.3) is 5.69 Å². The Morgan fingerprint density at radius 1 is 1.41 bits per heavy atom. The van der Waals surface area contributed by atoms with Crippen LogP contribution in [0.3, 0.4) is 0 Å². The summed E-state index contributed by atoms with van der Waals surface area (Å²) in [6.45, 7) is 2.02. The van der Waals surface area contributed by atoms with Gasteiger partial charge in [0.05, 0.1) is 15.4 Å². The molecule has 0 aliphatic carbocycles. The highest BCUT2D eigenvalue weighted by molar-refractivity contribution is 9.10. The van der Waals surface area contributed by atoms with Crippen LogP contribution in [0, 0.1) is 10.1 Å². The van der Waals surface area contributed by atoms with Gasteiger partial charge in [0, 0.05) is 43.9 Å². The largest absolute Gasteiger partial charge is 0.506 e. The Morgan fingerprint density at radius 3 is 2.50 bits per heavy atom. The van der Waals surface area contributed by atoms with Gasteiger partial charge in [-0.25, -0.2) is 4.39 Å². The van der Waals surface area contributed by atoms with Crippen molar-refractivity contribution in [2.45, 2.75) is 6.04 Å². The molecule has 22 heavy (non-hydrogen) atoms. The molecule has 1 heterocycles. The van der Waals surface area contributed by atoms with Crippen molar-refractivity contribution in [3.8, 4) is 5.75 Å². The first kappa shape index (κ1) is 21.3. The first-order chi connectivity index (χ1) is 9.54. The van der Waals surface area contributed by atoms with E-state index in [1.807, 2.05) is 4.90 Å². The van der Waals surface area contributed by atoms with Crippen LogP contribution < -0.4 is 5.32 Å². The summed E-state index contributed by atoms with van der Waals surface area (Å²) < 4.78 is 13.6. The molecule has 1 aromatic carbocycles. The zero-order valence-corrected chi connectivity index (χ0v) is 14.7. The summed E-state index contributed by atoms with van der Waals surface area (Å²) in [5.74, 6) is -0.142. The van der Waals surface area contributed by atoms with Crippen LogP contribution in [0.4, 0.5) is 10.1 Å². The van der Waals surface area contributed by atoms with Crippen LogP contribution in [0.5, 0.6) is 5.75 Å². The van der Waals surface area contributed by atoms with Crippen molar-refractivity contribution in [1.82, 2.24) is 10.2 Å². The van der Waals surface area contributed by atoms with Crippen molar-refractivity contribution in [1.29, 1.82) is 0 Å². The molecule has 0 unspecified atom stereocenters. The first-order valence-corrected chi connectivity index (χ1v) is 7.01. The van der Waals surface area contributed by atoms with Crippen molar-refractivity contribution in [3.63, 3.8) is 0 Å². The molecule has 2 rings (SSSR count). The number of halogens is 4. The van der Waals surface area contributed by atoms with Crippen LogP contribution in [-0.4, -0.2) is 47.8 Å². The summed E-state index contributed by atoms with van der Waals surface area (Å²) in [5.41, 5.74) is 0.0775. The summed E-state index contributed by atoms with van der Waals surface area (Å²) in [7, 11) is 0. The normalized spacial score (nSPS) is 16.3. The fourth-order valence-electron chi connectivity index (χ4n) is 2.34. The standard InChI is InChI=1S/C12H15BrFN3O3.2ClH/c13-10-6-8(17(19)20)5-9(12(10)18)11(7-14)16-3-1-15-2-4-16;;/h5-6,11,15,18H,1-4,7H2;2*1H/t11-;;/m0../s1. The van der Waals surface area contributed by atoms with Gasteiger partial charge in [0.1, 0.15) is 12.4 Å². The Balaban J connectivity index is 0.00000220. The zero-order valence-electron chi connectivity index (χ0n) is 11.5. The SMILES string of the molecule is Cl.Cl.O=[N+]([O-])c1cc(Br)c(O)c([C@H](CF)N2CCNCC2)c1. The van der Waals surface area contributed by atoms with Gasteiger partial charge in [-0.3, -0.25) is 15.0 Å². The summed E-state index contributed by atoms with van der Waals surface area (Å²) in [6.07, 6.45) is 0. The van der Waals surface area contributed by atoms with Gasteiger partial charge in [-0.15, -0.1) is 24.8 Å². The molecule has 1 atom stereocenters. The van der Waals surface area contributed by atoms with Gasteiger partial charge >= 0.3 is 0 Å². The lowest BCUT2D eigenvalue weighted by atomic mass is 10.0. The van der Waals surface area contributed by atoms with Crippen molar-refractivity contribution in [2.75, 3.05) is 32.9 Å². The predicted molar refractivity (Wildman–Crippen MR) is 90.1 cm³/mol. The van der Waals surface area contributed by atoms with Crippen molar-refractivity contribution >= 4 is 46.4 Å². The summed E-state index contributed by atoms with van der Waals surface area (Å²) in [6, 6.07) is 1.78. The number of nitrogens with one attached hydrogen (secondary N) is 1. The third-order valence-electron chi connectivity index (χ3n) is 3.39. The molecule has 0 amide bonds. The van der Waals surface area contributed by atoms with E-state index in [0.29, 0.717) is 13.1 Å². The number of benzene rings is 1. The number of hydrogen-bond acceptors (Lipinski definition) is 5. The number of hydrogen-bond donors (Lipinski definition) is 2. The Hall–Kier alpha value is -0.670. The zero-order chi connectivity index (χ0) is 14.7. The second kappa shape index (κ2) is 9.46. The second-order valence-electron chi connectivity index (χ2n) is 4.58. The Kier molecular flexibility index (Phi) is 9.18. The Labute approximate surface area is 148 Å². The predicted octanol–water partition coefficient (Wildman–Crippen LogP) is 2.82. The fraction of sp³-hybridized carbons (Fsp3) is 0.500. The third-order valence-corrected chi connectivity index (χ3v) is 3.99. The minimum Gasteiger partial charge on any atom is -0.506 e. The lowest BCUT2D eigenvalue weighted by Gasteiger charge is -2.33. The van der Waals surface area contributed by atoms with E-state index in [1.165, 1.54) is 12.1 Å². The van der Waals surface area contributed by atoms with E-state index in [1.54, 1.807) is 0 Å². The number of nitro benzene ring substituents is 1. The molecule has 1 saturated heterocycles. The molecular weight excluding hydrogens is 404 g/mol. The van der Waals surface area contributed by atoms with Crippen molar-refractivity contribution in [3.05, 3.63) is 32.3 Å². The minimum absolute atomic E-state index is 0. The van der Waals surface area contributed by atoms with Gasteiger partial charge in [0.2, 0.25) is 0 Å². The topological polar surface area (TPSA) is 78.6 Å². The summed E-state index contributed by atoms with van der Waals surface area (Å²) in [4.78, 5) is 12.2. The van der Waals surface area contributed by atoms with E-state index < -0.39 is 17.6 Å². The number of phenolic OH excluding ortho intramolecular Hbond substituents is 1. The number of aromatic hydroxyl groups is 1. The monoisotopic (exact) mass is 419 g/mol.